The van der Waals surface area contributed by atoms with Crippen molar-refractivity contribution in [1.29, 1.82) is 0 Å². The number of benzene rings is 1. The van der Waals surface area contributed by atoms with E-state index in [0.29, 0.717) is 13.1 Å². The molecule has 1 fully saturated rings. The van der Waals surface area contributed by atoms with E-state index in [2.05, 4.69) is 4.98 Å². The van der Waals surface area contributed by atoms with Crippen molar-refractivity contribution < 1.29 is 8.42 Å². The van der Waals surface area contributed by atoms with Gasteiger partial charge in [0.15, 0.2) is 0 Å². The summed E-state index contributed by atoms with van der Waals surface area (Å²) in [6.45, 7) is 4.97. The molecule has 4 nitrogen and oxygen atoms in total. The standard InChI is InChI=1S/C15H18N2O2S/c1-11-8-17(20(18,19)10-11)9-13-7-12(2)16-15-6-4-3-5-14(13)15/h3-7,11H,8-10H2,1-2H3. The first-order valence-electron chi connectivity index (χ1n) is 6.79. The first-order chi connectivity index (χ1) is 9.45. The largest absolute Gasteiger partial charge is 0.253 e. The van der Waals surface area contributed by atoms with E-state index in [1.54, 1.807) is 4.31 Å². The van der Waals surface area contributed by atoms with Gasteiger partial charge in [0.2, 0.25) is 10.0 Å². The lowest BCUT2D eigenvalue weighted by Crippen LogP contribution is -2.25. The van der Waals surface area contributed by atoms with Gasteiger partial charge in [-0.25, -0.2) is 8.42 Å². The van der Waals surface area contributed by atoms with Gasteiger partial charge in [-0.2, -0.15) is 4.31 Å². The Bertz CT molecular complexity index is 756. The van der Waals surface area contributed by atoms with Gasteiger partial charge in [-0.1, -0.05) is 25.1 Å². The second-order valence-corrected chi connectivity index (χ2v) is 7.63. The summed E-state index contributed by atoms with van der Waals surface area (Å²) >= 11 is 0. The van der Waals surface area contributed by atoms with Crippen LogP contribution in [0.2, 0.25) is 0 Å². The van der Waals surface area contributed by atoms with Gasteiger partial charge in [0, 0.05) is 24.2 Å². The summed E-state index contributed by atoms with van der Waals surface area (Å²) in [5.74, 6) is 0.462. The Balaban J connectivity index is 2.03. The maximum absolute atomic E-state index is 12.1. The molecule has 1 saturated heterocycles. The van der Waals surface area contributed by atoms with Crippen LogP contribution in [-0.2, 0) is 16.6 Å². The van der Waals surface area contributed by atoms with Crippen molar-refractivity contribution in [3.8, 4) is 0 Å². The first-order valence-corrected chi connectivity index (χ1v) is 8.40. The SMILES string of the molecule is Cc1cc(CN2CC(C)CS2(=O)=O)c2ccccc2n1. The lowest BCUT2D eigenvalue weighted by Gasteiger charge is -2.16. The summed E-state index contributed by atoms with van der Waals surface area (Å²) in [7, 11) is -3.10. The van der Waals surface area contributed by atoms with Crippen LogP contribution in [0.15, 0.2) is 30.3 Å². The number of rotatable bonds is 2. The molecule has 106 valence electrons. The van der Waals surface area contributed by atoms with Crippen LogP contribution in [0.4, 0.5) is 0 Å². The first kappa shape index (κ1) is 13.5. The number of hydrogen-bond donors (Lipinski definition) is 0. The van der Waals surface area contributed by atoms with Crippen molar-refractivity contribution >= 4 is 20.9 Å². The normalized spacial score (nSPS) is 22.4. The van der Waals surface area contributed by atoms with E-state index in [1.165, 1.54) is 0 Å². The number of aromatic nitrogens is 1. The Morgan fingerprint density at radius 2 is 2.10 bits per heavy atom. The van der Waals surface area contributed by atoms with Crippen molar-refractivity contribution in [2.24, 2.45) is 5.92 Å². The predicted octanol–water partition coefficient (Wildman–Crippen LogP) is 2.32. The maximum Gasteiger partial charge on any atom is 0.214 e. The topological polar surface area (TPSA) is 50.3 Å². The van der Waals surface area contributed by atoms with Crippen LogP contribution in [0.3, 0.4) is 0 Å². The maximum atomic E-state index is 12.1. The molecule has 2 aromatic rings. The zero-order valence-corrected chi connectivity index (χ0v) is 12.5. The summed E-state index contributed by atoms with van der Waals surface area (Å²) in [5.41, 5.74) is 2.88. The fraction of sp³-hybridized carbons (Fsp3) is 0.400. The summed E-state index contributed by atoms with van der Waals surface area (Å²) in [6.07, 6.45) is 0. The average molecular weight is 290 g/mol. The Labute approximate surface area is 119 Å². The Morgan fingerprint density at radius 3 is 2.80 bits per heavy atom. The summed E-state index contributed by atoms with van der Waals surface area (Å²) < 4.78 is 25.8. The highest BCUT2D eigenvalue weighted by molar-refractivity contribution is 7.89. The number of para-hydroxylation sites is 1. The Morgan fingerprint density at radius 1 is 1.35 bits per heavy atom. The number of sulfonamides is 1. The van der Waals surface area contributed by atoms with Crippen molar-refractivity contribution in [2.75, 3.05) is 12.3 Å². The molecule has 0 saturated carbocycles. The van der Waals surface area contributed by atoms with Crippen LogP contribution in [0.1, 0.15) is 18.2 Å². The van der Waals surface area contributed by atoms with Crippen LogP contribution in [0.25, 0.3) is 10.9 Å². The molecule has 1 unspecified atom stereocenters. The summed E-state index contributed by atoms with van der Waals surface area (Å²) in [4.78, 5) is 4.49. The third-order valence-corrected chi connectivity index (χ3v) is 5.74. The molecule has 1 aromatic heterocycles. The highest BCUT2D eigenvalue weighted by Crippen LogP contribution is 2.25. The van der Waals surface area contributed by atoms with Crippen molar-refractivity contribution in [3.63, 3.8) is 0 Å². The molecule has 1 atom stereocenters. The van der Waals surface area contributed by atoms with Crippen molar-refractivity contribution in [2.45, 2.75) is 20.4 Å². The highest BCUT2D eigenvalue weighted by Gasteiger charge is 2.33. The Kier molecular flexibility index (Phi) is 3.26. The van der Waals surface area contributed by atoms with E-state index in [9.17, 15) is 8.42 Å². The molecular formula is C15H18N2O2S. The van der Waals surface area contributed by atoms with E-state index in [4.69, 9.17) is 0 Å². The number of fused-ring (bicyclic) bond motifs is 1. The summed E-state index contributed by atoms with van der Waals surface area (Å²) in [6, 6.07) is 9.87. The van der Waals surface area contributed by atoms with Crippen LogP contribution in [0, 0.1) is 12.8 Å². The molecule has 2 heterocycles. The van der Waals surface area contributed by atoms with Gasteiger partial charge in [-0.3, -0.25) is 4.98 Å². The van der Waals surface area contributed by atoms with E-state index >= 15 is 0 Å². The smallest absolute Gasteiger partial charge is 0.214 e. The van der Waals surface area contributed by atoms with E-state index in [0.717, 1.165) is 22.2 Å². The van der Waals surface area contributed by atoms with Gasteiger partial charge >= 0.3 is 0 Å². The minimum absolute atomic E-state index is 0.203. The summed E-state index contributed by atoms with van der Waals surface area (Å²) in [5, 5.41) is 1.04. The predicted molar refractivity (Wildman–Crippen MR) is 79.8 cm³/mol. The Hall–Kier alpha value is -1.46. The zero-order chi connectivity index (χ0) is 14.3. The molecule has 3 rings (SSSR count). The average Bonchev–Trinajstić information content (AvgIpc) is 2.62. The molecule has 1 aliphatic rings. The minimum atomic E-state index is -3.10. The van der Waals surface area contributed by atoms with Crippen molar-refractivity contribution in [3.05, 3.63) is 41.6 Å². The second-order valence-electron chi connectivity index (χ2n) is 5.62. The monoisotopic (exact) mass is 290 g/mol. The van der Waals surface area contributed by atoms with Crippen LogP contribution in [-0.4, -0.2) is 30.0 Å². The molecule has 0 spiro atoms. The van der Waals surface area contributed by atoms with Crippen LogP contribution < -0.4 is 0 Å². The number of nitrogens with zero attached hydrogens (tertiary/aromatic N) is 2. The van der Waals surface area contributed by atoms with E-state index in [1.807, 2.05) is 44.2 Å². The molecule has 0 N–H and O–H groups in total. The van der Waals surface area contributed by atoms with Crippen LogP contribution in [0.5, 0.6) is 0 Å². The lowest BCUT2D eigenvalue weighted by molar-refractivity contribution is 0.410. The second kappa shape index (κ2) is 4.82. The van der Waals surface area contributed by atoms with Gasteiger partial charge in [-0.15, -0.1) is 0 Å². The third kappa shape index (κ3) is 2.43. The molecule has 0 aliphatic carbocycles. The molecular weight excluding hydrogens is 272 g/mol. The zero-order valence-electron chi connectivity index (χ0n) is 11.7. The van der Waals surface area contributed by atoms with Gasteiger partial charge < -0.3 is 0 Å². The fourth-order valence-electron chi connectivity index (χ4n) is 2.86. The highest BCUT2D eigenvalue weighted by atomic mass is 32.2. The third-order valence-electron chi connectivity index (χ3n) is 3.68. The quantitative estimate of drug-likeness (QED) is 0.853. The fourth-order valence-corrected chi connectivity index (χ4v) is 4.71. The molecule has 1 aliphatic heterocycles. The molecule has 0 radical (unpaired) electrons. The lowest BCUT2D eigenvalue weighted by atomic mass is 10.1. The molecule has 1 aromatic carbocycles. The van der Waals surface area contributed by atoms with Gasteiger partial charge in [-0.05, 0) is 30.5 Å². The van der Waals surface area contributed by atoms with Gasteiger partial charge in [0.1, 0.15) is 0 Å². The number of pyridine rings is 1. The van der Waals surface area contributed by atoms with Crippen LogP contribution >= 0.6 is 0 Å². The molecule has 0 bridgehead atoms. The van der Waals surface area contributed by atoms with Gasteiger partial charge in [0.25, 0.3) is 0 Å². The molecule has 20 heavy (non-hydrogen) atoms. The van der Waals surface area contributed by atoms with Crippen molar-refractivity contribution in [1.82, 2.24) is 9.29 Å². The number of aryl methyl sites for hydroxylation is 1. The van der Waals surface area contributed by atoms with E-state index < -0.39 is 10.0 Å². The molecule has 5 heteroatoms. The van der Waals surface area contributed by atoms with E-state index in [-0.39, 0.29) is 11.7 Å². The number of hydrogen-bond acceptors (Lipinski definition) is 3. The minimum Gasteiger partial charge on any atom is -0.253 e. The van der Waals surface area contributed by atoms with Gasteiger partial charge in [0.05, 0.1) is 11.3 Å². The molecule has 0 amide bonds.